The Bertz CT molecular complexity index is 947. The number of carbonyl (C=O) groups is 1. The standard InChI is InChI=1S/C18H14N4O3/c23-18(20-17-7-3-5-14-4-1-2-6-16(14)17)21-19-12-13-8-10-15(11-9-13)22(24)25/h1-12H,(H2,20,21,23)/b19-12-. The molecule has 0 aliphatic heterocycles. The van der Waals surface area contributed by atoms with Crippen LogP contribution >= 0.6 is 0 Å². The molecule has 0 unspecified atom stereocenters. The van der Waals surface area contributed by atoms with Crippen molar-refractivity contribution in [2.75, 3.05) is 5.32 Å². The Kier molecular flexibility index (Phi) is 4.66. The summed E-state index contributed by atoms with van der Waals surface area (Å²) >= 11 is 0. The summed E-state index contributed by atoms with van der Waals surface area (Å²) < 4.78 is 0. The van der Waals surface area contributed by atoms with Crippen LogP contribution in [-0.2, 0) is 0 Å². The fraction of sp³-hybridized carbons (Fsp3) is 0. The lowest BCUT2D eigenvalue weighted by molar-refractivity contribution is -0.384. The molecule has 0 bridgehead atoms. The van der Waals surface area contributed by atoms with Gasteiger partial charge in [-0.05, 0) is 29.1 Å². The molecule has 0 aliphatic carbocycles. The summed E-state index contributed by atoms with van der Waals surface area (Å²) in [6.07, 6.45) is 1.41. The SMILES string of the molecule is O=C(N/N=C\c1ccc([N+](=O)[O-])cc1)Nc1cccc2ccccc12. The van der Waals surface area contributed by atoms with Crippen LogP contribution in [-0.4, -0.2) is 17.2 Å². The van der Waals surface area contributed by atoms with Crippen molar-refractivity contribution in [2.24, 2.45) is 5.10 Å². The van der Waals surface area contributed by atoms with Crippen LogP contribution in [0, 0.1) is 10.1 Å². The van der Waals surface area contributed by atoms with Gasteiger partial charge < -0.3 is 5.32 Å². The minimum Gasteiger partial charge on any atom is -0.306 e. The molecule has 3 aromatic carbocycles. The van der Waals surface area contributed by atoms with Crippen molar-refractivity contribution in [3.63, 3.8) is 0 Å². The van der Waals surface area contributed by atoms with Gasteiger partial charge in [0.1, 0.15) is 0 Å². The van der Waals surface area contributed by atoms with Gasteiger partial charge in [-0.15, -0.1) is 0 Å². The fourth-order valence-corrected chi connectivity index (χ4v) is 2.33. The Balaban J connectivity index is 1.63. The van der Waals surface area contributed by atoms with Gasteiger partial charge in [0.25, 0.3) is 5.69 Å². The zero-order valence-electron chi connectivity index (χ0n) is 13.0. The van der Waals surface area contributed by atoms with E-state index in [0.717, 1.165) is 10.8 Å². The highest BCUT2D eigenvalue weighted by Gasteiger charge is 2.05. The van der Waals surface area contributed by atoms with Gasteiger partial charge >= 0.3 is 6.03 Å². The molecule has 2 N–H and O–H groups in total. The number of hydrogen-bond donors (Lipinski definition) is 2. The van der Waals surface area contributed by atoms with E-state index < -0.39 is 11.0 Å². The maximum absolute atomic E-state index is 12.0. The van der Waals surface area contributed by atoms with E-state index in [0.29, 0.717) is 11.3 Å². The average molecular weight is 334 g/mol. The van der Waals surface area contributed by atoms with E-state index >= 15 is 0 Å². The molecule has 7 heteroatoms. The molecule has 0 fully saturated rings. The van der Waals surface area contributed by atoms with Crippen molar-refractivity contribution in [3.8, 4) is 0 Å². The molecule has 3 rings (SSSR count). The molecule has 0 atom stereocenters. The molecule has 0 aromatic heterocycles. The van der Waals surface area contributed by atoms with Crippen LogP contribution in [0.4, 0.5) is 16.2 Å². The summed E-state index contributed by atoms with van der Waals surface area (Å²) in [5.41, 5.74) is 3.68. The molecule has 0 heterocycles. The summed E-state index contributed by atoms with van der Waals surface area (Å²) in [6, 6.07) is 18.7. The monoisotopic (exact) mass is 334 g/mol. The number of nitrogens with zero attached hydrogens (tertiary/aromatic N) is 2. The highest BCUT2D eigenvalue weighted by atomic mass is 16.6. The molecule has 0 saturated heterocycles. The topological polar surface area (TPSA) is 96.6 Å². The zero-order chi connectivity index (χ0) is 17.6. The number of nitro groups is 1. The highest BCUT2D eigenvalue weighted by molar-refractivity contribution is 6.01. The number of nitrogens with one attached hydrogen (secondary N) is 2. The van der Waals surface area contributed by atoms with E-state index in [1.54, 1.807) is 12.1 Å². The number of urea groups is 1. The normalized spacial score (nSPS) is 10.7. The Labute approximate surface area is 143 Å². The first-order valence-corrected chi connectivity index (χ1v) is 7.46. The van der Waals surface area contributed by atoms with Gasteiger partial charge in [-0.25, -0.2) is 10.2 Å². The van der Waals surface area contributed by atoms with E-state index in [1.807, 2.05) is 42.5 Å². The van der Waals surface area contributed by atoms with Crippen LogP contribution in [0.25, 0.3) is 10.8 Å². The van der Waals surface area contributed by atoms with Crippen LogP contribution < -0.4 is 10.7 Å². The third-order valence-corrected chi connectivity index (χ3v) is 3.52. The predicted octanol–water partition coefficient (Wildman–Crippen LogP) is 3.90. The maximum Gasteiger partial charge on any atom is 0.339 e. The van der Waals surface area contributed by atoms with E-state index in [-0.39, 0.29) is 5.69 Å². The first-order chi connectivity index (χ1) is 12.1. The van der Waals surface area contributed by atoms with Gasteiger partial charge in [0.15, 0.2) is 0 Å². The first-order valence-electron chi connectivity index (χ1n) is 7.46. The van der Waals surface area contributed by atoms with Gasteiger partial charge in [0.05, 0.1) is 16.8 Å². The largest absolute Gasteiger partial charge is 0.339 e. The minimum absolute atomic E-state index is 0.00110. The number of hydrazone groups is 1. The molecule has 0 aliphatic rings. The maximum atomic E-state index is 12.0. The summed E-state index contributed by atoms with van der Waals surface area (Å²) in [5.74, 6) is 0. The fourth-order valence-electron chi connectivity index (χ4n) is 2.33. The molecular weight excluding hydrogens is 320 g/mol. The zero-order valence-corrected chi connectivity index (χ0v) is 13.0. The molecule has 0 saturated carbocycles. The predicted molar refractivity (Wildman–Crippen MR) is 96.8 cm³/mol. The number of fused-ring (bicyclic) bond motifs is 1. The quantitative estimate of drug-likeness (QED) is 0.430. The van der Waals surface area contributed by atoms with E-state index in [9.17, 15) is 14.9 Å². The Hall–Kier alpha value is -3.74. The van der Waals surface area contributed by atoms with Crippen LogP contribution in [0.5, 0.6) is 0 Å². The number of nitro benzene ring substituents is 1. The minimum atomic E-state index is -0.477. The van der Waals surface area contributed by atoms with Crippen molar-refractivity contribution in [1.82, 2.24) is 5.43 Å². The van der Waals surface area contributed by atoms with Crippen molar-refractivity contribution < 1.29 is 9.72 Å². The third-order valence-electron chi connectivity index (χ3n) is 3.52. The lowest BCUT2D eigenvalue weighted by Gasteiger charge is -2.07. The molecule has 2 amide bonds. The van der Waals surface area contributed by atoms with Crippen molar-refractivity contribution in [2.45, 2.75) is 0 Å². The van der Waals surface area contributed by atoms with Gasteiger partial charge in [0.2, 0.25) is 0 Å². The Morgan fingerprint density at radius 3 is 2.48 bits per heavy atom. The Morgan fingerprint density at radius 2 is 1.72 bits per heavy atom. The second-order valence-electron chi connectivity index (χ2n) is 5.20. The number of rotatable bonds is 4. The lowest BCUT2D eigenvalue weighted by atomic mass is 10.1. The number of non-ortho nitro benzene ring substituents is 1. The summed E-state index contributed by atoms with van der Waals surface area (Å²) in [4.78, 5) is 22.1. The van der Waals surface area contributed by atoms with E-state index in [4.69, 9.17) is 0 Å². The molecule has 0 spiro atoms. The first kappa shape index (κ1) is 16.1. The second kappa shape index (κ2) is 7.22. The van der Waals surface area contributed by atoms with Crippen molar-refractivity contribution >= 4 is 34.4 Å². The van der Waals surface area contributed by atoms with Crippen LogP contribution in [0.15, 0.2) is 71.8 Å². The van der Waals surface area contributed by atoms with Crippen LogP contribution in [0.1, 0.15) is 5.56 Å². The van der Waals surface area contributed by atoms with Crippen molar-refractivity contribution in [1.29, 1.82) is 0 Å². The molecule has 3 aromatic rings. The molecule has 0 radical (unpaired) electrons. The molecular formula is C18H14N4O3. The van der Waals surface area contributed by atoms with Gasteiger partial charge in [-0.1, -0.05) is 36.4 Å². The summed E-state index contributed by atoms with van der Waals surface area (Å²) in [5, 5.41) is 19.1. The number of carbonyl (C=O) groups excluding carboxylic acids is 1. The summed E-state index contributed by atoms with van der Waals surface area (Å²) in [6.45, 7) is 0. The smallest absolute Gasteiger partial charge is 0.306 e. The van der Waals surface area contributed by atoms with Gasteiger partial charge in [-0.2, -0.15) is 5.10 Å². The molecule has 124 valence electrons. The highest BCUT2D eigenvalue weighted by Crippen LogP contribution is 2.22. The summed E-state index contributed by atoms with van der Waals surface area (Å²) in [7, 11) is 0. The third kappa shape index (κ3) is 3.97. The van der Waals surface area contributed by atoms with Gasteiger partial charge in [-0.3, -0.25) is 10.1 Å². The van der Waals surface area contributed by atoms with Crippen LogP contribution in [0.3, 0.4) is 0 Å². The molecule has 25 heavy (non-hydrogen) atoms. The molecule has 7 nitrogen and oxygen atoms in total. The van der Waals surface area contributed by atoms with Crippen molar-refractivity contribution in [3.05, 3.63) is 82.4 Å². The number of anilines is 1. The van der Waals surface area contributed by atoms with Crippen LogP contribution in [0.2, 0.25) is 0 Å². The average Bonchev–Trinajstić information content (AvgIpc) is 2.62. The number of hydrogen-bond acceptors (Lipinski definition) is 4. The number of benzene rings is 3. The van der Waals surface area contributed by atoms with E-state index in [2.05, 4.69) is 15.8 Å². The lowest BCUT2D eigenvalue weighted by Crippen LogP contribution is -2.24. The van der Waals surface area contributed by atoms with Gasteiger partial charge in [0, 0.05) is 17.5 Å². The Morgan fingerprint density at radius 1 is 1.00 bits per heavy atom. The number of amides is 2. The second-order valence-corrected chi connectivity index (χ2v) is 5.20. The van der Waals surface area contributed by atoms with E-state index in [1.165, 1.54) is 18.3 Å².